The fourth-order valence-corrected chi connectivity index (χ4v) is 2.55. The Morgan fingerprint density at radius 2 is 2.00 bits per heavy atom. The Morgan fingerprint density at radius 1 is 1.33 bits per heavy atom. The van der Waals surface area contributed by atoms with Gasteiger partial charge in [-0.1, -0.05) is 30.3 Å². The fourth-order valence-electron chi connectivity index (χ4n) is 1.80. The van der Waals surface area contributed by atoms with Crippen LogP contribution in [0.15, 0.2) is 30.3 Å². The maximum Gasteiger partial charge on any atom is 0.182 e. The normalized spacial score (nSPS) is 12.2. The second kappa shape index (κ2) is 7.46. The fraction of sp³-hybridized carbons (Fsp3) is 0.500. The molecular formula is C14H23NO2Si. The molecule has 0 radical (unpaired) electrons. The van der Waals surface area contributed by atoms with E-state index in [1.807, 2.05) is 44.2 Å². The summed E-state index contributed by atoms with van der Waals surface area (Å²) >= 11 is 0. The van der Waals surface area contributed by atoms with Crippen LogP contribution in [0.4, 0.5) is 0 Å². The Bertz CT molecular complexity index is 365. The highest BCUT2D eigenvalue weighted by Gasteiger charge is 2.27. The van der Waals surface area contributed by atoms with E-state index >= 15 is 0 Å². The quantitative estimate of drug-likeness (QED) is 0.442. The van der Waals surface area contributed by atoms with Crippen molar-refractivity contribution in [1.82, 2.24) is 5.32 Å². The summed E-state index contributed by atoms with van der Waals surface area (Å²) in [7, 11) is 1.43. The highest BCUT2D eigenvalue weighted by atomic mass is 28.2. The summed E-state index contributed by atoms with van der Waals surface area (Å²) in [6.45, 7) is 4.74. The number of hydrogen-bond donors (Lipinski definition) is 1. The van der Waals surface area contributed by atoms with E-state index in [9.17, 15) is 4.79 Å². The Labute approximate surface area is 112 Å². The Hall–Kier alpha value is -0.973. The first kappa shape index (κ1) is 15.1. The molecule has 4 heteroatoms. The lowest BCUT2D eigenvalue weighted by atomic mass is 9.93. The van der Waals surface area contributed by atoms with E-state index in [0.29, 0.717) is 0 Å². The average molecular weight is 265 g/mol. The van der Waals surface area contributed by atoms with Crippen molar-refractivity contribution in [2.24, 2.45) is 0 Å². The van der Waals surface area contributed by atoms with Crippen molar-refractivity contribution in [3.05, 3.63) is 35.9 Å². The number of benzene rings is 1. The molecule has 1 rings (SSSR count). The Morgan fingerprint density at radius 3 is 2.61 bits per heavy atom. The van der Waals surface area contributed by atoms with Gasteiger partial charge in [0.1, 0.15) is 0 Å². The first-order valence-corrected chi connectivity index (χ1v) is 7.99. The lowest BCUT2D eigenvalue weighted by Crippen LogP contribution is -2.47. The van der Waals surface area contributed by atoms with Crippen LogP contribution in [0.3, 0.4) is 0 Å². The lowest BCUT2D eigenvalue weighted by molar-refractivity contribution is 0.0882. The number of carbonyl (C=O) groups is 1. The zero-order valence-electron chi connectivity index (χ0n) is 11.5. The monoisotopic (exact) mass is 265 g/mol. The van der Waals surface area contributed by atoms with Crippen molar-refractivity contribution in [3.63, 3.8) is 0 Å². The van der Waals surface area contributed by atoms with E-state index in [0.717, 1.165) is 24.6 Å². The van der Waals surface area contributed by atoms with Gasteiger partial charge in [0.25, 0.3) is 0 Å². The van der Waals surface area contributed by atoms with Crippen LogP contribution in [0.5, 0.6) is 0 Å². The molecule has 0 unspecified atom stereocenters. The molecule has 0 spiro atoms. The minimum absolute atomic E-state index is 0.145. The lowest BCUT2D eigenvalue weighted by Gasteiger charge is -2.25. The van der Waals surface area contributed by atoms with E-state index in [1.165, 1.54) is 0 Å². The predicted molar refractivity (Wildman–Crippen MR) is 77.8 cm³/mol. The van der Waals surface area contributed by atoms with Gasteiger partial charge >= 0.3 is 0 Å². The maximum absolute atomic E-state index is 12.3. The first-order valence-electron chi connectivity index (χ1n) is 6.42. The zero-order valence-corrected chi connectivity index (χ0v) is 12.9. The molecule has 0 bridgehead atoms. The molecular weight excluding hydrogens is 242 g/mol. The number of rotatable bonds is 8. The molecule has 0 aliphatic heterocycles. The topological polar surface area (TPSA) is 38.3 Å². The standard InChI is InChI=1S/C14H23NO2Si/c1-14(2,15-10-7-11-18-17-3)13(16)12-8-5-4-6-9-12/h4-6,8-9,15H,7,10-11,18H2,1-3H3. The van der Waals surface area contributed by atoms with Crippen molar-refractivity contribution < 1.29 is 9.22 Å². The van der Waals surface area contributed by atoms with E-state index in [1.54, 1.807) is 7.11 Å². The van der Waals surface area contributed by atoms with Crippen LogP contribution in [0.2, 0.25) is 6.04 Å². The first-order chi connectivity index (χ1) is 8.58. The van der Waals surface area contributed by atoms with Gasteiger partial charge in [0.2, 0.25) is 0 Å². The van der Waals surface area contributed by atoms with Crippen LogP contribution < -0.4 is 5.32 Å². The number of nitrogens with one attached hydrogen (secondary N) is 1. The third-order valence-corrected chi connectivity index (χ3v) is 4.14. The molecule has 1 N–H and O–H groups in total. The summed E-state index contributed by atoms with van der Waals surface area (Å²) < 4.78 is 5.13. The Balaban J connectivity index is 2.45. The maximum atomic E-state index is 12.3. The summed E-state index contributed by atoms with van der Waals surface area (Å²) in [5.41, 5.74) is 0.261. The molecule has 0 saturated heterocycles. The van der Waals surface area contributed by atoms with Crippen molar-refractivity contribution in [3.8, 4) is 0 Å². The average Bonchev–Trinajstić information content (AvgIpc) is 2.38. The van der Waals surface area contributed by atoms with Gasteiger partial charge in [-0.3, -0.25) is 4.79 Å². The summed E-state index contributed by atoms with van der Waals surface area (Å²) in [5, 5.41) is 3.33. The molecule has 0 aliphatic carbocycles. The van der Waals surface area contributed by atoms with Crippen LogP contribution in [-0.4, -0.2) is 34.7 Å². The SMILES string of the molecule is CO[SiH2]CCCNC(C)(C)C(=O)c1ccccc1. The van der Waals surface area contributed by atoms with E-state index in [2.05, 4.69) is 5.32 Å². The van der Waals surface area contributed by atoms with Crippen molar-refractivity contribution in [2.75, 3.05) is 13.7 Å². The van der Waals surface area contributed by atoms with Gasteiger partial charge < -0.3 is 9.74 Å². The van der Waals surface area contributed by atoms with E-state index < -0.39 is 5.54 Å². The van der Waals surface area contributed by atoms with Gasteiger partial charge in [0, 0.05) is 12.7 Å². The van der Waals surface area contributed by atoms with Crippen LogP contribution in [0.25, 0.3) is 0 Å². The second-order valence-corrected chi connectivity index (χ2v) is 6.64. The molecule has 0 saturated carbocycles. The molecule has 100 valence electrons. The van der Waals surface area contributed by atoms with Crippen LogP contribution >= 0.6 is 0 Å². The van der Waals surface area contributed by atoms with Gasteiger partial charge in [0.15, 0.2) is 15.5 Å². The molecule has 0 aliphatic rings. The highest BCUT2D eigenvalue weighted by Crippen LogP contribution is 2.12. The predicted octanol–water partition coefficient (Wildman–Crippen LogP) is 1.78. The number of Topliss-reactive ketones (excluding diaryl/α,β-unsaturated/α-hetero) is 1. The zero-order chi connectivity index (χ0) is 13.4. The van der Waals surface area contributed by atoms with Crippen molar-refractivity contribution in [2.45, 2.75) is 31.9 Å². The van der Waals surface area contributed by atoms with Crippen LogP contribution in [0.1, 0.15) is 30.6 Å². The van der Waals surface area contributed by atoms with Gasteiger partial charge in [-0.2, -0.15) is 0 Å². The summed E-state index contributed by atoms with van der Waals surface area (Å²) in [6.07, 6.45) is 1.07. The molecule has 18 heavy (non-hydrogen) atoms. The molecule has 0 heterocycles. The smallest absolute Gasteiger partial charge is 0.182 e. The Kier molecular flexibility index (Phi) is 6.25. The second-order valence-electron chi connectivity index (χ2n) is 4.95. The minimum Gasteiger partial charge on any atom is -0.427 e. The molecule has 0 fully saturated rings. The van der Waals surface area contributed by atoms with Crippen molar-refractivity contribution >= 4 is 15.5 Å². The van der Waals surface area contributed by atoms with Gasteiger partial charge in [-0.05, 0) is 32.9 Å². The molecule has 0 amide bonds. The van der Waals surface area contributed by atoms with Crippen LogP contribution in [-0.2, 0) is 4.43 Å². The number of ketones is 1. The third kappa shape index (κ3) is 4.72. The molecule has 0 atom stereocenters. The van der Waals surface area contributed by atoms with Gasteiger partial charge in [-0.15, -0.1) is 0 Å². The summed E-state index contributed by atoms with van der Waals surface area (Å²) in [6, 6.07) is 10.6. The molecule has 3 nitrogen and oxygen atoms in total. The summed E-state index contributed by atoms with van der Waals surface area (Å²) in [4.78, 5) is 12.3. The number of hydrogen-bond acceptors (Lipinski definition) is 3. The number of carbonyl (C=O) groups excluding carboxylic acids is 1. The molecule has 1 aromatic rings. The van der Waals surface area contributed by atoms with Crippen molar-refractivity contribution in [1.29, 1.82) is 0 Å². The molecule has 1 aromatic carbocycles. The highest BCUT2D eigenvalue weighted by molar-refractivity contribution is 6.26. The van der Waals surface area contributed by atoms with Gasteiger partial charge in [0.05, 0.1) is 5.54 Å². The van der Waals surface area contributed by atoms with Gasteiger partial charge in [-0.25, -0.2) is 0 Å². The largest absolute Gasteiger partial charge is 0.427 e. The third-order valence-electron chi connectivity index (χ3n) is 2.95. The minimum atomic E-state index is -0.504. The summed E-state index contributed by atoms with van der Waals surface area (Å²) in [5.74, 6) is 0.145. The van der Waals surface area contributed by atoms with Crippen LogP contribution in [0, 0.1) is 0 Å². The van der Waals surface area contributed by atoms with E-state index in [-0.39, 0.29) is 15.5 Å². The van der Waals surface area contributed by atoms with E-state index in [4.69, 9.17) is 4.43 Å². The molecule has 0 aromatic heterocycles.